The van der Waals surface area contributed by atoms with Gasteiger partial charge in [-0.2, -0.15) is 4.99 Å². The van der Waals surface area contributed by atoms with E-state index in [1.54, 1.807) is 0 Å². The van der Waals surface area contributed by atoms with Gasteiger partial charge in [0.05, 0.1) is 4.92 Å². The fourth-order valence-corrected chi connectivity index (χ4v) is 0.887. The summed E-state index contributed by atoms with van der Waals surface area (Å²) in [6.45, 7) is 0. The fraction of sp³-hybridized carbons (Fsp3) is 0. The number of benzene rings is 1. The van der Waals surface area contributed by atoms with Crippen molar-refractivity contribution < 1.29 is 9.72 Å². The summed E-state index contributed by atoms with van der Waals surface area (Å²) in [7, 11) is 0. The Morgan fingerprint density at radius 3 is 2.77 bits per heavy atom. The van der Waals surface area contributed by atoms with Gasteiger partial charge in [0, 0.05) is 0 Å². The summed E-state index contributed by atoms with van der Waals surface area (Å²) in [5.41, 5.74) is 4.84. The Kier molecular flexibility index (Phi) is 2.37. The maximum Gasteiger partial charge on any atom is 0.318 e. The standard InChI is InChI=1S/C7H5N3O3/c8-5-2-1-3-6(9-4-11)7(5)10(12)13/h1-3H,8H2. The van der Waals surface area contributed by atoms with Crippen LogP contribution in [0.1, 0.15) is 0 Å². The topological polar surface area (TPSA) is 98.6 Å². The van der Waals surface area contributed by atoms with Gasteiger partial charge < -0.3 is 5.73 Å². The Morgan fingerprint density at radius 1 is 1.54 bits per heavy atom. The first-order valence-electron chi connectivity index (χ1n) is 3.27. The summed E-state index contributed by atoms with van der Waals surface area (Å²) in [5, 5.41) is 10.5. The molecule has 0 amide bonds. The molecule has 0 aliphatic heterocycles. The Hall–Kier alpha value is -2.20. The average Bonchev–Trinajstić information content (AvgIpc) is 2.04. The van der Waals surface area contributed by atoms with Crippen molar-refractivity contribution in [3.8, 4) is 0 Å². The molecule has 0 saturated carbocycles. The van der Waals surface area contributed by atoms with Crippen LogP contribution >= 0.6 is 0 Å². The summed E-state index contributed by atoms with van der Waals surface area (Å²) in [6.07, 6.45) is 1.22. The van der Waals surface area contributed by atoms with Gasteiger partial charge in [0.15, 0.2) is 5.69 Å². The molecule has 13 heavy (non-hydrogen) atoms. The summed E-state index contributed by atoms with van der Waals surface area (Å²) in [6, 6.07) is 4.15. The van der Waals surface area contributed by atoms with Crippen LogP contribution in [-0.4, -0.2) is 11.0 Å². The average molecular weight is 179 g/mol. The minimum Gasteiger partial charge on any atom is -0.393 e. The molecule has 6 heteroatoms. The second-order valence-corrected chi connectivity index (χ2v) is 2.18. The fourth-order valence-electron chi connectivity index (χ4n) is 0.887. The number of para-hydroxylation sites is 1. The molecule has 1 aromatic rings. The molecule has 0 atom stereocenters. The van der Waals surface area contributed by atoms with Crippen LogP contribution in [0, 0.1) is 10.1 Å². The molecule has 0 fully saturated rings. The minimum atomic E-state index is -0.689. The second kappa shape index (κ2) is 3.46. The maximum atomic E-state index is 10.5. The zero-order valence-electron chi connectivity index (χ0n) is 6.43. The van der Waals surface area contributed by atoms with Crippen molar-refractivity contribution in [2.75, 3.05) is 5.73 Å². The normalized spacial score (nSPS) is 8.92. The molecule has 0 radical (unpaired) electrons. The van der Waals surface area contributed by atoms with E-state index in [1.165, 1.54) is 24.3 Å². The van der Waals surface area contributed by atoms with E-state index in [-0.39, 0.29) is 17.1 Å². The molecular formula is C7H5N3O3. The van der Waals surface area contributed by atoms with Gasteiger partial charge in [-0.05, 0) is 12.1 Å². The van der Waals surface area contributed by atoms with Gasteiger partial charge in [0.2, 0.25) is 6.08 Å². The highest BCUT2D eigenvalue weighted by Gasteiger charge is 2.16. The number of carbonyl (C=O) groups excluding carboxylic acids is 1. The number of rotatable bonds is 2. The zero-order chi connectivity index (χ0) is 9.84. The molecule has 6 nitrogen and oxygen atoms in total. The number of hydrogen-bond donors (Lipinski definition) is 1. The van der Waals surface area contributed by atoms with Crippen molar-refractivity contribution >= 4 is 23.1 Å². The van der Waals surface area contributed by atoms with E-state index >= 15 is 0 Å². The maximum absolute atomic E-state index is 10.5. The van der Waals surface area contributed by atoms with Crippen molar-refractivity contribution in [3.05, 3.63) is 28.3 Å². The highest BCUT2D eigenvalue weighted by Crippen LogP contribution is 2.32. The Bertz CT molecular complexity index is 396. The third kappa shape index (κ3) is 1.69. The van der Waals surface area contributed by atoms with Crippen LogP contribution in [0.3, 0.4) is 0 Å². The molecular weight excluding hydrogens is 174 g/mol. The lowest BCUT2D eigenvalue weighted by molar-refractivity contribution is -0.383. The first kappa shape index (κ1) is 8.89. The van der Waals surface area contributed by atoms with Crippen LogP contribution in [0.5, 0.6) is 0 Å². The lowest BCUT2D eigenvalue weighted by Crippen LogP contribution is -1.95. The van der Waals surface area contributed by atoms with Crippen LogP contribution in [0.25, 0.3) is 0 Å². The van der Waals surface area contributed by atoms with Crippen molar-refractivity contribution in [1.82, 2.24) is 0 Å². The van der Waals surface area contributed by atoms with E-state index in [2.05, 4.69) is 4.99 Å². The van der Waals surface area contributed by atoms with E-state index in [9.17, 15) is 14.9 Å². The molecule has 0 aliphatic rings. The highest BCUT2D eigenvalue weighted by molar-refractivity contribution is 5.73. The van der Waals surface area contributed by atoms with Gasteiger partial charge in [-0.15, -0.1) is 0 Å². The molecule has 0 aromatic heterocycles. The van der Waals surface area contributed by atoms with Crippen LogP contribution in [-0.2, 0) is 4.79 Å². The molecule has 0 bridgehead atoms. The number of anilines is 1. The van der Waals surface area contributed by atoms with E-state index < -0.39 is 4.92 Å². The van der Waals surface area contributed by atoms with E-state index in [4.69, 9.17) is 5.73 Å². The van der Waals surface area contributed by atoms with Crippen molar-refractivity contribution in [2.24, 2.45) is 4.99 Å². The molecule has 0 heterocycles. The van der Waals surface area contributed by atoms with Gasteiger partial charge in [-0.1, -0.05) is 6.07 Å². The van der Waals surface area contributed by atoms with E-state index in [0.29, 0.717) is 0 Å². The molecule has 66 valence electrons. The van der Waals surface area contributed by atoms with Crippen LogP contribution < -0.4 is 5.73 Å². The highest BCUT2D eigenvalue weighted by atomic mass is 16.6. The van der Waals surface area contributed by atoms with Crippen LogP contribution in [0.15, 0.2) is 23.2 Å². The lowest BCUT2D eigenvalue weighted by atomic mass is 10.2. The predicted molar refractivity (Wildman–Crippen MR) is 45.3 cm³/mol. The third-order valence-corrected chi connectivity index (χ3v) is 1.39. The van der Waals surface area contributed by atoms with Crippen molar-refractivity contribution in [1.29, 1.82) is 0 Å². The summed E-state index contributed by atoms with van der Waals surface area (Å²) in [4.78, 5) is 22.8. The summed E-state index contributed by atoms with van der Waals surface area (Å²) < 4.78 is 0. The third-order valence-electron chi connectivity index (χ3n) is 1.39. The van der Waals surface area contributed by atoms with Crippen molar-refractivity contribution in [2.45, 2.75) is 0 Å². The summed E-state index contributed by atoms with van der Waals surface area (Å²) >= 11 is 0. The predicted octanol–water partition coefficient (Wildman–Crippen LogP) is 1.14. The Morgan fingerprint density at radius 2 is 2.23 bits per heavy atom. The lowest BCUT2D eigenvalue weighted by Gasteiger charge is -1.97. The number of nitrogens with two attached hydrogens (primary N) is 1. The summed E-state index contributed by atoms with van der Waals surface area (Å²) in [5.74, 6) is 0. The van der Waals surface area contributed by atoms with Crippen molar-refractivity contribution in [3.63, 3.8) is 0 Å². The number of aliphatic imine (C=N–C) groups is 1. The van der Waals surface area contributed by atoms with Gasteiger partial charge in [-0.25, -0.2) is 4.79 Å². The number of nitrogens with zero attached hydrogens (tertiary/aromatic N) is 2. The van der Waals surface area contributed by atoms with Gasteiger partial charge in [-0.3, -0.25) is 10.1 Å². The van der Waals surface area contributed by atoms with Crippen LogP contribution in [0.4, 0.5) is 17.1 Å². The number of hydrogen-bond acceptors (Lipinski definition) is 5. The number of nitro benzene ring substituents is 1. The Labute approximate surface area is 72.8 Å². The van der Waals surface area contributed by atoms with E-state index in [0.717, 1.165) is 0 Å². The molecule has 2 N–H and O–H groups in total. The van der Waals surface area contributed by atoms with Gasteiger partial charge in [0.25, 0.3) is 0 Å². The smallest absolute Gasteiger partial charge is 0.318 e. The number of nitro groups is 1. The molecule has 0 saturated heterocycles. The zero-order valence-corrected chi connectivity index (χ0v) is 6.43. The first-order chi connectivity index (χ1) is 6.16. The molecule has 1 rings (SSSR count). The largest absolute Gasteiger partial charge is 0.393 e. The van der Waals surface area contributed by atoms with Gasteiger partial charge in [0.1, 0.15) is 5.69 Å². The second-order valence-electron chi connectivity index (χ2n) is 2.18. The first-order valence-corrected chi connectivity index (χ1v) is 3.27. The van der Waals surface area contributed by atoms with Gasteiger partial charge >= 0.3 is 5.69 Å². The molecule has 0 aliphatic carbocycles. The molecule has 1 aromatic carbocycles. The SMILES string of the molecule is Nc1cccc(N=C=O)c1[N+](=O)[O-]. The molecule has 0 unspecified atom stereocenters. The Balaban J connectivity index is 3.42. The van der Waals surface area contributed by atoms with Crippen LogP contribution in [0.2, 0.25) is 0 Å². The number of isocyanates is 1. The minimum absolute atomic E-state index is 0.0264. The quantitative estimate of drug-likeness (QED) is 0.242. The monoisotopic (exact) mass is 179 g/mol. The molecule has 0 spiro atoms. The number of nitrogen functional groups attached to an aromatic ring is 1. The van der Waals surface area contributed by atoms with E-state index in [1.807, 2.05) is 0 Å².